The minimum absolute atomic E-state index is 0.0619. The standard InChI is InChI=1S/C21H19F4N5O3S/c1-34(26,32)16-10-29(11-16)21(31)30(15-4-2-3-14(22)8-15)9-13-6-5-12(7-17(13)23)19-27-28-20(33-19)18(24)25/h2-8,16,18,26H,9-11H2,1H3. The van der Waals surface area contributed by atoms with Crippen molar-refractivity contribution in [3.05, 3.63) is 65.6 Å². The number of carbonyl (C=O) groups is 1. The number of hydrogen-bond acceptors (Lipinski definition) is 6. The summed E-state index contributed by atoms with van der Waals surface area (Å²) in [6.07, 6.45) is -1.66. The Morgan fingerprint density at radius 1 is 1.24 bits per heavy atom. The van der Waals surface area contributed by atoms with E-state index < -0.39 is 45.0 Å². The van der Waals surface area contributed by atoms with E-state index >= 15 is 0 Å². The predicted molar refractivity (Wildman–Crippen MR) is 115 cm³/mol. The summed E-state index contributed by atoms with van der Waals surface area (Å²) in [6, 6.07) is 8.37. The number of carbonyl (C=O) groups excluding carboxylic acids is 1. The molecule has 1 atom stereocenters. The first-order valence-electron chi connectivity index (χ1n) is 9.98. The number of hydrogen-bond donors (Lipinski definition) is 1. The van der Waals surface area contributed by atoms with Crippen LogP contribution in [-0.4, -0.2) is 49.9 Å². The predicted octanol–water partition coefficient (Wildman–Crippen LogP) is 4.44. The molecule has 34 heavy (non-hydrogen) atoms. The molecule has 0 aliphatic carbocycles. The van der Waals surface area contributed by atoms with Gasteiger partial charge in [0.05, 0.1) is 11.8 Å². The molecule has 180 valence electrons. The lowest BCUT2D eigenvalue weighted by atomic mass is 10.1. The van der Waals surface area contributed by atoms with Gasteiger partial charge in [0.2, 0.25) is 5.89 Å². The molecule has 4 rings (SSSR count). The second-order valence-electron chi connectivity index (χ2n) is 7.83. The highest BCUT2D eigenvalue weighted by molar-refractivity contribution is 7.92. The summed E-state index contributed by atoms with van der Waals surface area (Å²) in [4.78, 5) is 15.6. The van der Waals surface area contributed by atoms with Crippen LogP contribution in [0.3, 0.4) is 0 Å². The third-order valence-corrected chi connectivity index (χ3v) is 6.93. The number of aromatic nitrogens is 2. The molecule has 0 radical (unpaired) electrons. The Bertz CT molecular complexity index is 1330. The maximum absolute atomic E-state index is 14.9. The van der Waals surface area contributed by atoms with E-state index in [1.807, 2.05) is 0 Å². The van der Waals surface area contributed by atoms with E-state index in [-0.39, 0.29) is 42.3 Å². The Kier molecular flexibility index (Phi) is 6.30. The van der Waals surface area contributed by atoms with Gasteiger partial charge in [0.25, 0.3) is 5.89 Å². The summed E-state index contributed by atoms with van der Waals surface area (Å²) in [5, 5.41) is 6.21. The molecule has 2 heterocycles. The fourth-order valence-electron chi connectivity index (χ4n) is 3.38. The molecule has 1 saturated heterocycles. The van der Waals surface area contributed by atoms with Crippen molar-refractivity contribution < 1.29 is 31.0 Å². The van der Waals surface area contributed by atoms with Crippen LogP contribution < -0.4 is 4.90 Å². The Labute approximate surface area is 192 Å². The van der Waals surface area contributed by atoms with Gasteiger partial charge in [-0.25, -0.2) is 17.8 Å². The van der Waals surface area contributed by atoms with Gasteiger partial charge in [-0.3, -0.25) is 9.68 Å². The van der Waals surface area contributed by atoms with Gasteiger partial charge in [0, 0.05) is 45.9 Å². The van der Waals surface area contributed by atoms with Gasteiger partial charge in [0.1, 0.15) is 11.6 Å². The first-order chi connectivity index (χ1) is 16.0. The molecule has 1 aliphatic rings. The molecule has 1 aliphatic heterocycles. The fraction of sp³-hybridized carbons (Fsp3) is 0.286. The summed E-state index contributed by atoms with van der Waals surface area (Å²) in [6.45, 7) is -0.0901. The maximum Gasteiger partial charge on any atom is 0.324 e. The van der Waals surface area contributed by atoms with Crippen LogP contribution in [0.15, 0.2) is 46.9 Å². The smallest absolute Gasteiger partial charge is 0.324 e. The summed E-state index contributed by atoms with van der Waals surface area (Å²) >= 11 is 0. The summed E-state index contributed by atoms with van der Waals surface area (Å²) in [7, 11) is -2.83. The lowest BCUT2D eigenvalue weighted by Crippen LogP contribution is -2.59. The number of likely N-dealkylation sites (tertiary alicyclic amines) is 1. The normalized spacial score (nSPS) is 15.8. The van der Waals surface area contributed by atoms with Crippen LogP contribution in [0.4, 0.5) is 28.0 Å². The number of urea groups is 1. The van der Waals surface area contributed by atoms with Gasteiger partial charge in [-0.1, -0.05) is 12.1 Å². The monoisotopic (exact) mass is 497 g/mol. The second kappa shape index (κ2) is 9.05. The SMILES string of the molecule is CS(=N)(=O)C1CN(C(=O)N(Cc2ccc(-c3nnc(C(F)F)o3)cc2F)c2cccc(F)c2)C1. The molecule has 13 heteroatoms. The lowest BCUT2D eigenvalue weighted by molar-refractivity contribution is 0.116. The molecule has 1 unspecified atom stereocenters. The minimum Gasteiger partial charge on any atom is -0.415 e. The van der Waals surface area contributed by atoms with Crippen molar-refractivity contribution in [1.29, 1.82) is 4.78 Å². The molecule has 1 N–H and O–H groups in total. The fourth-order valence-corrected chi connectivity index (χ4v) is 4.31. The van der Waals surface area contributed by atoms with E-state index in [2.05, 4.69) is 10.2 Å². The van der Waals surface area contributed by atoms with Crippen molar-refractivity contribution in [2.24, 2.45) is 0 Å². The van der Waals surface area contributed by atoms with Gasteiger partial charge in [-0.2, -0.15) is 8.78 Å². The van der Waals surface area contributed by atoms with Gasteiger partial charge >= 0.3 is 12.5 Å². The van der Waals surface area contributed by atoms with Crippen LogP contribution in [0.1, 0.15) is 17.9 Å². The average Bonchev–Trinajstić information content (AvgIpc) is 3.21. The van der Waals surface area contributed by atoms with Gasteiger partial charge < -0.3 is 9.32 Å². The average molecular weight is 497 g/mol. The number of alkyl halides is 2. The van der Waals surface area contributed by atoms with Crippen molar-refractivity contribution in [2.75, 3.05) is 24.2 Å². The highest BCUT2D eigenvalue weighted by Crippen LogP contribution is 2.28. The number of nitrogens with zero attached hydrogens (tertiary/aromatic N) is 4. The van der Waals surface area contributed by atoms with Crippen LogP contribution in [0.25, 0.3) is 11.5 Å². The number of benzene rings is 2. The third-order valence-electron chi connectivity index (χ3n) is 5.36. The molecule has 0 saturated carbocycles. The van der Waals surface area contributed by atoms with Gasteiger partial charge in [0.15, 0.2) is 0 Å². The zero-order valence-corrected chi connectivity index (χ0v) is 18.6. The maximum atomic E-state index is 14.9. The Balaban J connectivity index is 1.59. The lowest BCUT2D eigenvalue weighted by Gasteiger charge is -2.41. The van der Waals surface area contributed by atoms with E-state index in [0.29, 0.717) is 0 Å². The first-order valence-corrected chi connectivity index (χ1v) is 12.0. The Hall–Kier alpha value is -3.48. The second-order valence-corrected chi connectivity index (χ2v) is 10.3. The molecule has 2 aromatic carbocycles. The number of halogens is 4. The zero-order valence-electron chi connectivity index (χ0n) is 17.8. The van der Waals surface area contributed by atoms with Crippen molar-refractivity contribution >= 4 is 21.4 Å². The van der Waals surface area contributed by atoms with E-state index in [4.69, 9.17) is 9.20 Å². The van der Waals surface area contributed by atoms with Gasteiger partial charge in [-0.15, -0.1) is 10.2 Å². The Morgan fingerprint density at radius 2 is 1.97 bits per heavy atom. The van der Waals surface area contributed by atoms with Gasteiger partial charge in [-0.05, 0) is 30.3 Å². The van der Waals surface area contributed by atoms with Crippen molar-refractivity contribution in [2.45, 2.75) is 18.2 Å². The summed E-state index contributed by atoms with van der Waals surface area (Å²) in [5.41, 5.74) is 0.313. The molecule has 2 amide bonds. The molecular formula is C21H19F4N5O3S. The zero-order chi connectivity index (χ0) is 24.6. The summed E-state index contributed by atoms with van der Waals surface area (Å²) < 4.78 is 78.5. The largest absolute Gasteiger partial charge is 0.415 e. The van der Waals surface area contributed by atoms with Crippen LogP contribution in [0.5, 0.6) is 0 Å². The third kappa shape index (κ3) is 4.88. The molecule has 8 nitrogen and oxygen atoms in total. The van der Waals surface area contributed by atoms with Crippen LogP contribution in [-0.2, 0) is 16.3 Å². The summed E-state index contributed by atoms with van der Waals surface area (Å²) in [5.74, 6) is -2.54. The van der Waals surface area contributed by atoms with E-state index in [0.717, 1.165) is 12.1 Å². The molecule has 1 aromatic heterocycles. The molecule has 0 spiro atoms. The number of amides is 2. The number of nitrogens with one attached hydrogen (secondary N) is 1. The highest BCUT2D eigenvalue weighted by Gasteiger charge is 2.38. The van der Waals surface area contributed by atoms with Crippen LogP contribution in [0.2, 0.25) is 0 Å². The Morgan fingerprint density at radius 3 is 2.56 bits per heavy atom. The minimum atomic E-state index is -2.96. The molecular weight excluding hydrogens is 478 g/mol. The number of anilines is 1. The van der Waals surface area contributed by atoms with Crippen LogP contribution in [0, 0.1) is 16.4 Å². The van der Waals surface area contributed by atoms with E-state index in [1.54, 1.807) is 0 Å². The van der Waals surface area contributed by atoms with Crippen LogP contribution >= 0.6 is 0 Å². The topological polar surface area (TPSA) is 103 Å². The van der Waals surface area contributed by atoms with Crippen molar-refractivity contribution in [3.8, 4) is 11.5 Å². The van der Waals surface area contributed by atoms with Crippen molar-refractivity contribution in [1.82, 2.24) is 15.1 Å². The van der Waals surface area contributed by atoms with E-state index in [9.17, 15) is 26.6 Å². The molecule has 3 aromatic rings. The van der Waals surface area contributed by atoms with E-state index in [1.165, 1.54) is 46.4 Å². The molecule has 1 fully saturated rings. The van der Waals surface area contributed by atoms with Crippen molar-refractivity contribution in [3.63, 3.8) is 0 Å². The number of rotatable bonds is 6. The highest BCUT2D eigenvalue weighted by atomic mass is 32.2. The quantitative estimate of drug-likeness (QED) is 0.507. The first kappa shape index (κ1) is 23.7. The molecule has 0 bridgehead atoms.